The fourth-order valence-corrected chi connectivity index (χ4v) is 6.77. The highest BCUT2D eigenvalue weighted by Gasteiger charge is 2.19. The first-order valence-corrected chi connectivity index (χ1v) is 13.2. The molecule has 0 spiro atoms. The first kappa shape index (κ1) is 20.3. The van der Waals surface area contributed by atoms with Crippen LogP contribution < -0.4 is 0 Å². The van der Waals surface area contributed by atoms with Gasteiger partial charge in [0, 0.05) is 0 Å². The molecule has 164 valence electrons. The standard InChI is InChI=1S/C32H36/c1-4-16-30-24(9-1)12-7-14-27(30)20-23-19-26-11-3-6-18-32(26)29(21-23)22-28-15-8-13-25-10-2-5-17-31(25)28/h7-8,12-15,19,21H,1-6,9-11,16-18,20,22H2. The summed E-state index contributed by atoms with van der Waals surface area (Å²) >= 11 is 0. The molecule has 0 nitrogen and oxygen atoms in total. The van der Waals surface area contributed by atoms with Crippen LogP contribution in [0.25, 0.3) is 0 Å². The number of fused-ring (bicyclic) bond motifs is 3. The third kappa shape index (κ3) is 3.94. The van der Waals surface area contributed by atoms with Crippen LogP contribution in [-0.4, -0.2) is 0 Å². The van der Waals surface area contributed by atoms with Crippen LogP contribution in [0.15, 0.2) is 48.5 Å². The fraction of sp³-hybridized carbons (Fsp3) is 0.438. The van der Waals surface area contributed by atoms with Crippen LogP contribution in [0.5, 0.6) is 0 Å². The average Bonchev–Trinajstić information content (AvgIpc) is 2.85. The van der Waals surface area contributed by atoms with Gasteiger partial charge in [-0.25, -0.2) is 0 Å². The van der Waals surface area contributed by atoms with Crippen LogP contribution in [0, 0.1) is 0 Å². The lowest BCUT2D eigenvalue weighted by Gasteiger charge is -2.24. The Bertz CT molecular complexity index is 1130. The second-order valence-electron chi connectivity index (χ2n) is 10.5. The number of hydrogen-bond acceptors (Lipinski definition) is 0. The van der Waals surface area contributed by atoms with Crippen molar-refractivity contribution in [3.05, 3.63) is 104 Å². The van der Waals surface area contributed by atoms with Gasteiger partial charge < -0.3 is 0 Å². The Hall–Kier alpha value is -2.34. The van der Waals surface area contributed by atoms with Crippen molar-refractivity contribution >= 4 is 0 Å². The highest BCUT2D eigenvalue weighted by molar-refractivity contribution is 5.48. The van der Waals surface area contributed by atoms with Crippen molar-refractivity contribution in [1.29, 1.82) is 0 Å². The van der Waals surface area contributed by atoms with E-state index in [4.69, 9.17) is 0 Å². The van der Waals surface area contributed by atoms with Gasteiger partial charge in [-0.2, -0.15) is 0 Å². The van der Waals surface area contributed by atoms with Crippen LogP contribution in [0.1, 0.15) is 94.2 Å². The van der Waals surface area contributed by atoms with Crippen LogP contribution in [0.2, 0.25) is 0 Å². The second kappa shape index (κ2) is 8.89. The third-order valence-corrected chi connectivity index (χ3v) is 8.38. The highest BCUT2D eigenvalue weighted by atomic mass is 14.2. The molecule has 6 rings (SSSR count). The van der Waals surface area contributed by atoms with Crippen molar-refractivity contribution < 1.29 is 0 Å². The molecule has 0 aromatic heterocycles. The summed E-state index contributed by atoms with van der Waals surface area (Å²) in [4.78, 5) is 0. The Morgan fingerprint density at radius 3 is 1.56 bits per heavy atom. The molecule has 0 radical (unpaired) electrons. The van der Waals surface area contributed by atoms with Crippen LogP contribution >= 0.6 is 0 Å². The molecule has 3 aromatic rings. The molecule has 0 aliphatic heterocycles. The molecular weight excluding hydrogens is 384 g/mol. The minimum absolute atomic E-state index is 1.11. The van der Waals surface area contributed by atoms with E-state index in [1.54, 1.807) is 55.6 Å². The number of benzene rings is 3. The fourth-order valence-electron chi connectivity index (χ4n) is 6.77. The molecule has 0 bridgehead atoms. The van der Waals surface area contributed by atoms with Gasteiger partial charge >= 0.3 is 0 Å². The summed E-state index contributed by atoms with van der Waals surface area (Å²) in [6.07, 6.45) is 18.1. The molecule has 3 aliphatic rings. The van der Waals surface area contributed by atoms with Crippen molar-refractivity contribution in [2.24, 2.45) is 0 Å². The van der Waals surface area contributed by atoms with E-state index in [0.717, 1.165) is 12.8 Å². The smallest absolute Gasteiger partial charge is 0.00200 e. The summed E-state index contributed by atoms with van der Waals surface area (Å²) in [5.74, 6) is 0. The summed E-state index contributed by atoms with van der Waals surface area (Å²) in [6, 6.07) is 19.3. The van der Waals surface area contributed by atoms with Crippen molar-refractivity contribution in [1.82, 2.24) is 0 Å². The van der Waals surface area contributed by atoms with E-state index in [-0.39, 0.29) is 0 Å². The summed E-state index contributed by atoms with van der Waals surface area (Å²) in [5.41, 5.74) is 16.3. The zero-order chi connectivity index (χ0) is 21.3. The van der Waals surface area contributed by atoms with Gasteiger partial charge in [0.15, 0.2) is 0 Å². The molecule has 0 amide bonds. The molecule has 0 fully saturated rings. The highest BCUT2D eigenvalue weighted by Crippen LogP contribution is 2.33. The second-order valence-corrected chi connectivity index (χ2v) is 10.5. The van der Waals surface area contributed by atoms with Crippen molar-refractivity contribution in [2.45, 2.75) is 89.9 Å². The van der Waals surface area contributed by atoms with Gasteiger partial charge in [0.05, 0.1) is 0 Å². The summed E-state index contributed by atoms with van der Waals surface area (Å²) in [6.45, 7) is 0. The van der Waals surface area contributed by atoms with Crippen molar-refractivity contribution in [3.63, 3.8) is 0 Å². The molecule has 0 atom stereocenters. The Balaban J connectivity index is 1.37. The summed E-state index contributed by atoms with van der Waals surface area (Å²) in [5, 5.41) is 0. The van der Waals surface area contributed by atoms with Gasteiger partial charge in [-0.3, -0.25) is 0 Å². The van der Waals surface area contributed by atoms with Gasteiger partial charge in [-0.15, -0.1) is 0 Å². The van der Waals surface area contributed by atoms with E-state index in [0.29, 0.717) is 0 Å². The minimum Gasteiger partial charge on any atom is -0.0617 e. The Morgan fingerprint density at radius 2 is 0.938 bits per heavy atom. The SMILES string of the molecule is c1cc2c(c(Cc3cc4c(c(Cc5cccc6c5CCCC6)c3)CCCC4)c1)CCCC2. The topological polar surface area (TPSA) is 0 Å². The van der Waals surface area contributed by atoms with Gasteiger partial charge in [-0.05, 0) is 146 Å². The van der Waals surface area contributed by atoms with Crippen molar-refractivity contribution in [2.75, 3.05) is 0 Å². The first-order chi connectivity index (χ1) is 15.8. The lowest BCUT2D eigenvalue weighted by Crippen LogP contribution is -2.12. The average molecular weight is 421 g/mol. The molecule has 0 heterocycles. The Kier molecular flexibility index (Phi) is 5.63. The first-order valence-electron chi connectivity index (χ1n) is 13.2. The molecule has 0 heteroatoms. The van der Waals surface area contributed by atoms with E-state index < -0.39 is 0 Å². The zero-order valence-electron chi connectivity index (χ0n) is 19.5. The normalized spacial score (nSPS) is 17.4. The summed E-state index contributed by atoms with van der Waals surface area (Å²) < 4.78 is 0. The quantitative estimate of drug-likeness (QED) is 0.410. The van der Waals surface area contributed by atoms with Gasteiger partial charge in [0.2, 0.25) is 0 Å². The molecule has 3 aromatic carbocycles. The molecular formula is C32H36. The number of hydrogen-bond donors (Lipinski definition) is 0. The van der Waals surface area contributed by atoms with Gasteiger partial charge in [0.1, 0.15) is 0 Å². The third-order valence-electron chi connectivity index (χ3n) is 8.38. The molecule has 0 N–H and O–H groups in total. The van der Waals surface area contributed by atoms with Crippen LogP contribution in [-0.2, 0) is 51.4 Å². The molecule has 0 saturated carbocycles. The summed E-state index contributed by atoms with van der Waals surface area (Å²) in [7, 11) is 0. The van der Waals surface area contributed by atoms with E-state index in [9.17, 15) is 0 Å². The predicted octanol–water partition coefficient (Wildman–Crippen LogP) is 7.50. The Labute approximate surface area is 194 Å². The maximum atomic E-state index is 2.59. The van der Waals surface area contributed by atoms with Crippen molar-refractivity contribution in [3.8, 4) is 0 Å². The minimum atomic E-state index is 1.11. The maximum Gasteiger partial charge on any atom is -0.00200 e. The van der Waals surface area contributed by atoms with Gasteiger partial charge in [0.25, 0.3) is 0 Å². The zero-order valence-corrected chi connectivity index (χ0v) is 19.5. The van der Waals surface area contributed by atoms with Crippen LogP contribution in [0.3, 0.4) is 0 Å². The molecule has 32 heavy (non-hydrogen) atoms. The number of rotatable bonds is 4. The van der Waals surface area contributed by atoms with E-state index in [2.05, 4.69) is 48.5 Å². The predicted molar refractivity (Wildman–Crippen MR) is 135 cm³/mol. The maximum absolute atomic E-state index is 2.59. The Morgan fingerprint density at radius 1 is 0.438 bits per heavy atom. The van der Waals surface area contributed by atoms with Gasteiger partial charge in [-0.1, -0.05) is 48.5 Å². The largest absolute Gasteiger partial charge is 0.0617 e. The molecule has 3 aliphatic carbocycles. The monoisotopic (exact) mass is 420 g/mol. The molecule has 0 saturated heterocycles. The molecule has 0 unspecified atom stereocenters. The lowest BCUT2D eigenvalue weighted by molar-refractivity contribution is 0.672. The van der Waals surface area contributed by atoms with Crippen LogP contribution in [0.4, 0.5) is 0 Å². The van der Waals surface area contributed by atoms with E-state index in [1.807, 2.05) is 0 Å². The van der Waals surface area contributed by atoms with E-state index in [1.165, 1.54) is 77.0 Å². The van der Waals surface area contributed by atoms with E-state index >= 15 is 0 Å². The lowest BCUT2D eigenvalue weighted by atomic mass is 9.81. The number of aryl methyl sites for hydroxylation is 3.